The molecule has 1 N–H and O–H groups in total. The third-order valence-electron chi connectivity index (χ3n) is 4.28. The van der Waals surface area contributed by atoms with E-state index in [0.717, 1.165) is 49.7 Å². The molecule has 8 heteroatoms. The zero-order valence-corrected chi connectivity index (χ0v) is 14.6. The first-order valence-corrected chi connectivity index (χ1v) is 8.33. The monoisotopic (exact) mass is 338 g/mol. The molecular weight excluding hydrogens is 316 g/mol. The molecule has 0 spiro atoms. The summed E-state index contributed by atoms with van der Waals surface area (Å²) in [7, 11) is 1.87. The SMILES string of the molecule is Cc1nc(CN2CCCC(NCc3c(C)nn(C)c3Cl)C2)no1. The summed E-state index contributed by atoms with van der Waals surface area (Å²) in [6, 6.07) is 0.437. The minimum absolute atomic E-state index is 0.437. The number of hydrogen-bond donors (Lipinski definition) is 1. The van der Waals surface area contributed by atoms with E-state index in [2.05, 4.69) is 25.5 Å². The maximum Gasteiger partial charge on any atom is 0.223 e. The van der Waals surface area contributed by atoms with Gasteiger partial charge in [0, 0.05) is 38.7 Å². The average molecular weight is 339 g/mol. The predicted octanol–water partition coefficient (Wildman–Crippen LogP) is 1.83. The van der Waals surface area contributed by atoms with E-state index in [1.807, 2.05) is 20.9 Å². The van der Waals surface area contributed by atoms with Gasteiger partial charge in [0.2, 0.25) is 5.89 Å². The molecule has 1 fully saturated rings. The zero-order valence-electron chi connectivity index (χ0n) is 13.8. The third kappa shape index (κ3) is 3.91. The number of nitrogens with one attached hydrogen (secondary N) is 1. The van der Waals surface area contributed by atoms with Crippen molar-refractivity contribution in [2.24, 2.45) is 7.05 Å². The highest BCUT2D eigenvalue weighted by atomic mass is 35.5. The van der Waals surface area contributed by atoms with Gasteiger partial charge in [0.05, 0.1) is 12.2 Å². The van der Waals surface area contributed by atoms with Crippen molar-refractivity contribution in [2.75, 3.05) is 13.1 Å². The fourth-order valence-electron chi connectivity index (χ4n) is 3.09. The van der Waals surface area contributed by atoms with Crippen molar-refractivity contribution < 1.29 is 4.52 Å². The fraction of sp³-hybridized carbons (Fsp3) is 0.667. The molecule has 1 unspecified atom stereocenters. The van der Waals surface area contributed by atoms with Crippen molar-refractivity contribution in [2.45, 2.75) is 45.8 Å². The van der Waals surface area contributed by atoms with Crippen molar-refractivity contribution in [3.05, 3.63) is 28.1 Å². The van der Waals surface area contributed by atoms with E-state index in [9.17, 15) is 0 Å². The molecule has 126 valence electrons. The molecule has 1 aliphatic rings. The Morgan fingerprint density at radius 2 is 2.22 bits per heavy atom. The maximum absolute atomic E-state index is 6.29. The lowest BCUT2D eigenvalue weighted by molar-refractivity contribution is 0.177. The first-order chi connectivity index (χ1) is 11.0. The van der Waals surface area contributed by atoms with Crippen LogP contribution in [-0.2, 0) is 20.1 Å². The molecule has 1 aliphatic heterocycles. The number of aromatic nitrogens is 4. The third-order valence-corrected chi connectivity index (χ3v) is 4.75. The van der Waals surface area contributed by atoms with Crippen LogP contribution in [0.4, 0.5) is 0 Å². The molecule has 0 bridgehead atoms. The number of hydrogen-bond acceptors (Lipinski definition) is 6. The van der Waals surface area contributed by atoms with Crippen LogP contribution in [0.3, 0.4) is 0 Å². The second-order valence-corrected chi connectivity index (χ2v) is 6.52. The molecule has 0 saturated carbocycles. The van der Waals surface area contributed by atoms with Gasteiger partial charge in [0.1, 0.15) is 5.15 Å². The molecule has 0 radical (unpaired) electrons. The molecule has 3 rings (SSSR count). The van der Waals surface area contributed by atoms with Crippen molar-refractivity contribution in [3.63, 3.8) is 0 Å². The van der Waals surface area contributed by atoms with Gasteiger partial charge in [-0.25, -0.2) is 0 Å². The normalized spacial score (nSPS) is 19.4. The van der Waals surface area contributed by atoms with Gasteiger partial charge in [-0.1, -0.05) is 16.8 Å². The minimum atomic E-state index is 0.437. The Hall–Kier alpha value is -1.44. The highest BCUT2D eigenvalue weighted by Crippen LogP contribution is 2.19. The molecule has 0 amide bonds. The minimum Gasteiger partial charge on any atom is -0.340 e. The quantitative estimate of drug-likeness (QED) is 0.896. The Morgan fingerprint density at radius 1 is 1.39 bits per heavy atom. The second-order valence-electron chi connectivity index (χ2n) is 6.16. The Labute approximate surface area is 141 Å². The van der Waals surface area contributed by atoms with Crippen LogP contribution in [0.15, 0.2) is 4.52 Å². The van der Waals surface area contributed by atoms with Crippen LogP contribution in [-0.4, -0.2) is 44.0 Å². The topological polar surface area (TPSA) is 72.0 Å². The molecule has 23 heavy (non-hydrogen) atoms. The number of aryl methyl sites for hydroxylation is 3. The first-order valence-electron chi connectivity index (χ1n) is 7.96. The standard InChI is InChI=1S/C15H23ClN6O/c1-10-13(15(16)21(3)19-10)7-17-12-5-4-6-22(8-12)9-14-18-11(2)23-20-14/h12,17H,4-9H2,1-3H3. The van der Waals surface area contributed by atoms with Crippen LogP contribution in [0.1, 0.15) is 35.8 Å². The van der Waals surface area contributed by atoms with Gasteiger partial charge in [-0.15, -0.1) is 0 Å². The fourth-order valence-corrected chi connectivity index (χ4v) is 3.33. The lowest BCUT2D eigenvalue weighted by Gasteiger charge is -2.32. The van der Waals surface area contributed by atoms with Gasteiger partial charge >= 0.3 is 0 Å². The van der Waals surface area contributed by atoms with Gasteiger partial charge in [-0.2, -0.15) is 10.1 Å². The smallest absolute Gasteiger partial charge is 0.223 e. The van der Waals surface area contributed by atoms with Gasteiger partial charge in [0.25, 0.3) is 0 Å². The Balaban J connectivity index is 1.54. The summed E-state index contributed by atoms with van der Waals surface area (Å²) >= 11 is 6.29. The summed E-state index contributed by atoms with van der Waals surface area (Å²) in [6.45, 7) is 7.34. The van der Waals surface area contributed by atoms with Crippen molar-refractivity contribution in [1.29, 1.82) is 0 Å². The van der Waals surface area contributed by atoms with Crippen LogP contribution < -0.4 is 5.32 Å². The molecule has 1 atom stereocenters. The summed E-state index contributed by atoms with van der Waals surface area (Å²) in [6.07, 6.45) is 2.33. The van der Waals surface area contributed by atoms with E-state index >= 15 is 0 Å². The van der Waals surface area contributed by atoms with Gasteiger partial charge in [-0.05, 0) is 26.3 Å². The Morgan fingerprint density at radius 3 is 2.87 bits per heavy atom. The highest BCUT2D eigenvalue weighted by molar-refractivity contribution is 6.30. The summed E-state index contributed by atoms with van der Waals surface area (Å²) in [5.41, 5.74) is 2.07. The summed E-state index contributed by atoms with van der Waals surface area (Å²) < 4.78 is 6.76. The maximum atomic E-state index is 6.29. The molecule has 3 heterocycles. The number of piperidine rings is 1. The second kappa shape index (κ2) is 6.98. The van der Waals surface area contributed by atoms with Crippen LogP contribution in [0, 0.1) is 13.8 Å². The van der Waals surface area contributed by atoms with Crippen molar-refractivity contribution in [3.8, 4) is 0 Å². The molecule has 7 nitrogen and oxygen atoms in total. The predicted molar refractivity (Wildman–Crippen MR) is 87.1 cm³/mol. The van der Waals surface area contributed by atoms with Crippen molar-refractivity contribution in [1.82, 2.24) is 30.1 Å². The van der Waals surface area contributed by atoms with E-state index in [1.54, 1.807) is 4.68 Å². The van der Waals surface area contributed by atoms with E-state index in [-0.39, 0.29) is 0 Å². The number of halogens is 1. The van der Waals surface area contributed by atoms with E-state index in [0.29, 0.717) is 17.1 Å². The molecule has 1 saturated heterocycles. The van der Waals surface area contributed by atoms with Crippen LogP contribution in [0.25, 0.3) is 0 Å². The average Bonchev–Trinajstić information content (AvgIpc) is 3.02. The molecule has 0 aromatic carbocycles. The van der Waals surface area contributed by atoms with E-state index < -0.39 is 0 Å². The summed E-state index contributed by atoms with van der Waals surface area (Å²) in [5, 5.41) is 12.7. The van der Waals surface area contributed by atoms with Gasteiger partial charge < -0.3 is 9.84 Å². The molecule has 0 aliphatic carbocycles. The van der Waals surface area contributed by atoms with Crippen molar-refractivity contribution >= 4 is 11.6 Å². The van der Waals surface area contributed by atoms with Crippen LogP contribution in [0.2, 0.25) is 5.15 Å². The number of rotatable bonds is 5. The Bertz CT molecular complexity index is 667. The molecule has 2 aromatic heterocycles. The lowest BCUT2D eigenvalue weighted by Crippen LogP contribution is -2.45. The molecular formula is C15H23ClN6O. The van der Waals surface area contributed by atoms with Crippen LogP contribution >= 0.6 is 11.6 Å². The number of likely N-dealkylation sites (tertiary alicyclic amines) is 1. The zero-order chi connectivity index (χ0) is 16.4. The van der Waals surface area contributed by atoms with Gasteiger partial charge in [-0.3, -0.25) is 9.58 Å². The molecule has 2 aromatic rings. The van der Waals surface area contributed by atoms with E-state index in [4.69, 9.17) is 16.1 Å². The van der Waals surface area contributed by atoms with Crippen LogP contribution in [0.5, 0.6) is 0 Å². The Kier molecular flexibility index (Phi) is 4.99. The summed E-state index contributed by atoms with van der Waals surface area (Å²) in [4.78, 5) is 6.65. The highest BCUT2D eigenvalue weighted by Gasteiger charge is 2.22. The summed E-state index contributed by atoms with van der Waals surface area (Å²) in [5.74, 6) is 1.38. The van der Waals surface area contributed by atoms with E-state index in [1.165, 1.54) is 6.42 Å². The largest absolute Gasteiger partial charge is 0.340 e. The first kappa shape index (κ1) is 16.4. The number of nitrogens with zero attached hydrogens (tertiary/aromatic N) is 5. The van der Waals surface area contributed by atoms with Gasteiger partial charge in [0.15, 0.2) is 5.82 Å². The lowest BCUT2D eigenvalue weighted by atomic mass is 10.1.